The highest BCUT2D eigenvalue weighted by Gasteiger charge is 2.18. The summed E-state index contributed by atoms with van der Waals surface area (Å²) >= 11 is 0. The SMILES string of the molecule is CCCCCCCC/C=C\CCCCCCCCCCCC(=O)OCCCCCCCC/C=C\CCCCCC(=O)NC(CO)C(O)/C=C/CCCCCCCCCCCCCCCC. The molecule has 0 heterocycles. The molecule has 0 aromatic heterocycles. The van der Waals surface area contributed by atoms with Crippen LogP contribution >= 0.6 is 0 Å². The number of rotatable bonds is 53. The summed E-state index contributed by atoms with van der Waals surface area (Å²) in [6.45, 7) is 4.86. The van der Waals surface area contributed by atoms with Crippen molar-refractivity contribution in [3.8, 4) is 0 Å². The Morgan fingerprint density at radius 1 is 0.415 bits per heavy atom. The lowest BCUT2D eigenvalue weighted by Gasteiger charge is -2.19. The zero-order chi connectivity index (χ0) is 47.2. The first-order chi connectivity index (χ1) is 32.0. The van der Waals surface area contributed by atoms with Crippen molar-refractivity contribution in [2.45, 2.75) is 315 Å². The van der Waals surface area contributed by atoms with Crippen molar-refractivity contribution in [1.82, 2.24) is 5.32 Å². The summed E-state index contributed by atoms with van der Waals surface area (Å²) in [5.41, 5.74) is 0. The molecular weight excluding hydrogens is 803 g/mol. The quantitative estimate of drug-likeness (QED) is 0.0321. The van der Waals surface area contributed by atoms with E-state index in [1.807, 2.05) is 6.08 Å². The molecule has 6 heteroatoms. The van der Waals surface area contributed by atoms with Gasteiger partial charge in [0.25, 0.3) is 0 Å². The standard InChI is InChI=1S/C59H111NO5/c1-3-5-7-9-11-13-15-17-19-21-22-23-25-29-33-37-41-45-49-53-59(64)65-54-50-46-42-38-34-30-26-28-32-36-40-44-48-52-58(63)60-56(55-61)57(62)51-47-43-39-35-31-27-24-20-18-16-14-12-10-8-6-4-2/h17,19,28,32,47,51,56-57,61-62H,3-16,18,20-27,29-31,33-46,48-50,52-55H2,1-2H3,(H,60,63)/b19-17-,32-28-,51-47+. The number of hydrogen-bond donors (Lipinski definition) is 3. The van der Waals surface area contributed by atoms with Crippen molar-refractivity contribution in [1.29, 1.82) is 0 Å². The predicted molar refractivity (Wildman–Crippen MR) is 283 cm³/mol. The number of nitrogens with one attached hydrogen (secondary N) is 1. The normalized spacial score (nSPS) is 12.9. The second-order valence-electron chi connectivity index (χ2n) is 19.6. The van der Waals surface area contributed by atoms with Gasteiger partial charge in [0.2, 0.25) is 5.91 Å². The molecule has 65 heavy (non-hydrogen) atoms. The van der Waals surface area contributed by atoms with Crippen LogP contribution in [0.4, 0.5) is 0 Å². The highest BCUT2D eigenvalue weighted by molar-refractivity contribution is 5.76. The minimum Gasteiger partial charge on any atom is -0.466 e. The number of aliphatic hydroxyl groups excluding tert-OH is 2. The maximum Gasteiger partial charge on any atom is 0.305 e. The summed E-state index contributed by atoms with van der Waals surface area (Å²) < 4.78 is 5.47. The number of allylic oxidation sites excluding steroid dienone is 5. The number of ether oxygens (including phenoxy) is 1. The van der Waals surface area contributed by atoms with Crippen LogP contribution < -0.4 is 5.32 Å². The van der Waals surface area contributed by atoms with E-state index in [2.05, 4.69) is 43.5 Å². The second-order valence-corrected chi connectivity index (χ2v) is 19.6. The van der Waals surface area contributed by atoms with Gasteiger partial charge in [-0.1, -0.05) is 243 Å². The lowest BCUT2D eigenvalue weighted by atomic mass is 10.0. The Bertz CT molecular complexity index is 1060. The zero-order valence-electron chi connectivity index (χ0n) is 43.5. The number of aliphatic hydroxyl groups is 2. The van der Waals surface area contributed by atoms with Gasteiger partial charge in [0.05, 0.1) is 25.4 Å². The summed E-state index contributed by atoms with van der Waals surface area (Å²) in [4.78, 5) is 24.5. The molecular formula is C59H111NO5. The molecule has 0 aliphatic carbocycles. The van der Waals surface area contributed by atoms with Gasteiger partial charge in [-0.2, -0.15) is 0 Å². The minimum absolute atomic E-state index is 0.0146. The number of unbranched alkanes of at least 4 members (excludes halogenated alkanes) is 38. The summed E-state index contributed by atoms with van der Waals surface area (Å²) in [7, 11) is 0. The van der Waals surface area contributed by atoms with Crippen molar-refractivity contribution < 1.29 is 24.5 Å². The largest absolute Gasteiger partial charge is 0.466 e. The first kappa shape index (κ1) is 63.1. The Labute approximate surface area is 404 Å². The molecule has 6 nitrogen and oxygen atoms in total. The van der Waals surface area contributed by atoms with Crippen molar-refractivity contribution in [2.24, 2.45) is 0 Å². The van der Waals surface area contributed by atoms with Crippen molar-refractivity contribution in [3.63, 3.8) is 0 Å². The molecule has 2 unspecified atom stereocenters. The van der Waals surface area contributed by atoms with Crippen LogP contribution in [0.5, 0.6) is 0 Å². The summed E-state index contributed by atoms with van der Waals surface area (Å²) in [6.07, 6.45) is 67.3. The van der Waals surface area contributed by atoms with Crippen LogP contribution in [-0.4, -0.2) is 47.4 Å². The maximum atomic E-state index is 12.4. The molecule has 2 atom stereocenters. The Kier molecular flexibility index (Phi) is 53.1. The van der Waals surface area contributed by atoms with Crippen LogP contribution in [0.15, 0.2) is 36.5 Å². The van der Waals surface area contributed by atoms with E-state index in [1.54, 1.807) is 6.08 Å². The summed E-state index contributed by atoms with van der Waals surface area (Å²) in [5, 5.41) is 23.1. The van der Waals surface area contributed by atoms with E-state index in [9.17, 15) is 19.8 Å². The van der Waals surface area contributed by atoms with Crippen LogP contribution in [0, 0.1) is 0 Å². The van der Waals surface area contributed by atoms with Crippen LogP contribution in [0.1, 0.15) is 303 Å². The molecule has 0 bridgehead atoms. The molecule has 0 aliphatic heterocycles. The van der Waals surface area contributed by atoms with E-state index in [4.69, 9.17) is 4.74 Å². The van der Waals surface area contributed by atoms with E-state index in [1.165, 1.54) is 205 Å². The number of carbonyl (C=O) groups excluding carboxylic acids is 2. The molecule has 0 fully saturated rings. The molecule has 0 aromatic rings. The molecule has 3 N–H and O–H groups in total. The monoisotopic (exact) mass is 914 g/mol. The van der Waals surface area contributed by atoms with E-state index in [-0.39, 0.29) is 18.5 Å². The predicted octanol–water partition coefficient (Wildman–Crippen LogP) is 17.6. The molecule has 0 saturated heterocycles. The third-order valence-corrected chi connectivity index (χ3v) is 13.1. The van der Waals surface area contributed by atoms with Gasteiger partial charge in [0.15, 0.2) is 0 Å². The topological polar surface area (TPSA) is 95.9 Å². The first-order valence-corrected chi connectivity index (χ1v) is 28.8. The lowest BCUT2D eigenvalue weighted by Crippen LogP contribution is -2.45. The van der Waals surface area contributed by atoms with E-state index in [0.29, 0.717) is 19.4 Å². The molecule has 0 aliphatic rings. The van der Waals surface area contributed by atoms with E-state index < -0.39 is 12.1 Å². The fourth-order valence-corrected chi connectivity index (χ4v) is 8.68. The van der Waals surface area contributed by atoms with Gasteiger partial charge in [-0.25, -0.2) is 0 Å². The van der Waals surface area contributed by atoms with Gasteiger partial charge in [0.1, 0.15) is 0 Å². The molecule has 0 saturated carbocycles. The van der Waals surface area contributed by atoms with Gasteiger partial charge >= 0.3 is 5.97 Å². The van der Waals surface area contributed by atoms with Crippen LogP contribution in [0.25, 0.3) is 0 Å². The molecule has 0 radical (unpaired) electrons. The maximum absolute atomic E-state index is 12.4. The molecule has 0 aromatic carbocycles. The lowest BCUT2D eigenvalue weighted by molar-refractivity contribution is -0.143. The average molecular weight is 915 g/mol. The third kappa shape index (κ3) is 51.3. The summed E-state index contributed by atoms with van der Waals surface area (Å²) in [6, 6.07) is -0.649. The Balaban J connectivity index is 3.50. The Hall–Kier alpha value is -1.92. The second kappa shape index (κ2) is 54.7. The number of esters is 1. The molecule has 0 spiro atoms. The van der Waals surface area contributed by atoms with Gasteiger partial charge in [0, 0.05) is 12.8 Å². The highest BCUT2D eigenvalue weighted by Crippen LogP contribution is 2.16. The average Bonchev–Trinajstić information content (AvgIpc) is 3.31. The van der Waals surface area contributed by atoms with Gasteiger partial charge in [-0.3, -0.25) is 9.59 Å². The van der Waals surface area contributed by atoms with Gasteiger partial charge < -0.3 is 20.3 Å². The highest BCUT2D eigenvalue weighted by atomic mass is 16.5. The van der Waals surface area contributed by atoms with Crippen LogP contribution in [-0.2, 0) is 14.3 Å². The molecule has 1 amide bonds. The summed E-state index contributed by atoms with van der Waals surface area (Å²) in [5.74, 6) is -0.112. The van der Waals surface area contributed by atoms with Crippen molar-refractivity contribution in [2.75, 3.05) is 13.2 Å². The van der Waals surface area contributed by atoms with E-state index >= 15 is 0 Å². The number of carbonyl (C=O) groups is 2. The van der Waals surface area contributed by atoms with Crippen LogP contribution in [0.2, 0.25) is 0 Å². The van der Waals surface area contributed by atoms with Crippen molar-refractivity contribution in [3.05, 3.63) is 36.5 Å². The minimum atomic E-state index is -0.862. The molecule has 0 rings (SSSR count). The number of amides is 1. The van der Waals surface area contributed by atoms with Crippen LogP contribution in [0.3, 0.4) is 0 Å². The fourth-order valence-electron chi connectivity index (χ4n) is 8.68. The zero-order valence-corrected chi connectivity index (χ0v) is 43.5. The third-order valence-electron chi connectivity index (χ3n) is 13.1. The smallest absolute Gasteiger partial charge is 0.305 e. The first-order valence-electron chi connectivity index (χ1n) is 28.8. The van der Waals surface area contributed by atoms with Gasteiger partial charge in [-0.05, 0) is 83.5 Å². The van der Waals surface area contributed by atoms with Gasteiger partial charge in [-0.15, -0.1) is 0 Å². The van der Waals surface area contributed by atoms with Crippen molar-refractivity contribution >= 4 is 11.9 Å². The Morgan fingerprint density at radius 2 is 0.723 bits per heavy atom. The van der Waals surface area contributed by atoms with E-state index in [0.717, 1.165) is 70.6 Å². The number of hydrogen-bond acceptors (Lipinski definition) is 5. The fraction of sp³-hybridized carbons (Fsp3) is 0.864. The molecule has 382 valence electrons. The Morgan fingerprint density at radius 3 is 1.11 bits per heavy atom.